The van der Waals surface area contributed by atoms with Crippen LogP contribution >= 0.6 is 0 Å². The van der Waals surface area contributed by atoms with E-state index in [1.54, 1.807) is 7.11 Å². The molecule has 0 aliphatic rings. The first-order valence-electron chi connectivity index (χ1n) is 3.98. The Hall–Kier alpha value is -1.18. The number of anilines is 1. The van der Waals surface area contributed by atoms with Crippen LogP contribution in [-0.4, -0.2) is 7.11 Å². The van der Waals surface area contributed by atoms with E-state index in [-0.39, 0.29) is 0 Å². The highest BCUT2D eigenvalue weighted by Crippen LogP contribution is 2.22. The van der Waals surface area contributed by atoms with E-state index < -0.39 is 0 Å². The molecule has 0 aromatic heterocycles. The van der Waals surface area contributed by atoms with Crippen LogP contribution in [0.3, 0.4) is 0 Å². The second-order valence-corrected chi connectivity index (χ2v) is 2.69. The van der Waals surface area contributed by atoms with E-state index >= 15 is 0 Å². The second kappa shape index (κ2) is 4.00. The monoisotopic (exact) mass is 164 g/mol. The van der Waals surface area contributed by atoms with Gasteiger partial charge >= 0.3 is 0 Å². The van der Waals surface area contributed by atoms with Gasteiger partial charge in [0.25, 0.3) is 0 Å². The number of hydrogen-bond acceptors (Lipinski definition) is 2. The molecule has 65 valence electrons. The molecule has 1 radical (unpaired) electrons. The number of nitrogens with two attached hydrogens (primary N) is 1. The predicted molar refractivity (Wildman–Crippen MR) is 51.1 cm³/mol. The minimum Gasteiger partial charge on any atom is -0.495 e. The molecule has 0 aliphatic carbocycles. The lowest BCUT2D eigenvalue weighted by Crippen LogP contribution is -1.94. The zero-order valence-electron chi connectivity index (χ0n) is 7.50. The van der Waals surface area contributed by atoms with E-state index in [9.17, 15) is 0 Å². The smallest absolute Gasteiger partial charge is 0.141 e. The molecule has 0 saturated carbocycles. The number of ether oxygens (including phenoxy) is 1. The summed E-state index contributed by atoms with van der Waals surface area (Å²) in [6.45, 7) is 2.03. The first-order valence-corrected chi connectivity index (χ1v) is 3.98. The summed E-state index contributed by atoms with van der Waals surface area (Å²) in [6, 6.07) is 5.86. The molecular weight excluding hydrogens is 150 g/mol. The second-order valence-electron chi connectivity index (χ2n) is 2.69. The van der Waals surface area contributed by atoms with Crippen LogP contribution in [0.1, 0.15) is 12.5 Å². The Morgan fingerprint density at radius 2 is 2.25 bits per heavy atom. The Morgan fingerprint density at radius 3 is 2.75 bits per heavy atom. The summed E-state index contributed by atoms with van der Waals surface area (Å²) >= 11 is 0. The van der Waals surface area contributed by atoms with Gasteiger partial charge in [0.15, 0.2) is 0 Å². The SMILES string of the molecule is C[CH]Cc1ccc(OC)c(N)c1. The summed E-state index contributed by atoms with van der Waals surface area (Å²) in [4.78, 5) is 0. The Kier molecular flexibility index (Phi) is 2.97. The Bertz CT molecular complexity index is 258. The Morgan fingerprint density at radius 1 is 1.50 bits per heavy atom. The van der Waals surface area contributed by atoms with Gasteiger partial charge in [-0.1, -0.05) is 13.0 Å². The highest BCUT2D eigenvalue weighted by atomic mass is 16.5. The highest BCUT2D eigenvalue weighted by Gasteiger charge is 1.98. The van der Waals surface area contributed by atoms with Gasteiger partial charge in [0.1, 0.15) is 5.75 Å². The zero-order valence-corrected chi connectivity index (χ0v) is 7.50. The van der Waals surface area contributed by atoms with Crippen LogP contribution in [0.15, 0.2) is 18.2 Å². The summed E-state index contributed by atoms with van der Waals surface area (Å²) in [5.41, 5.74) is 7.65. The summed E-state index contributed by atoms with van der Waals surface area (Å²) in [7, 11) is 1.62. The van der Waals surface area contributed by atoms with E-state index in [0.29, 0.717) is 5.69 Å². The van der Waals surface area contributed by atoms with Crippen LogP contribution in [0, 0.1) is 6.42 Å². The Balaban J connectivity index is 2.86. The largest absolute Gasteiger partial charge is 0.495 e. The highest BCUT2D eigenvalue weighted by molar-refractivity contribution is 5.54. The molecule has 0 unspecified atom stereocenters. The van der Waals surface area contributed by atoms with Gasteiger partial charge in [-0.3, -0.25) is 0 Å². The van der Waals surface area contributed by atoms with Crippen LogP contribution in [0.4, 0.5) is 5.69 Å². The van der Waals surface area contributed by atoms with Gasteiger partial charge in [0.05, 0.1) is 12.8 Å². The molecular formula is C10H14NO. The van der Waals surface area contributed by atoms with Crippen molar-refractivity contribution in [3.05, 3.63) is 30.2 Å². The zero-order chi connectivity index (χ0) is 8.97. The van der Waals surface area contributed by atoms with Crippen LogP contribution in [-0.2, 0) is 6.42 Å². The fourth-order valence-corrected chi connectivity index (χ4v) is 1.15. The molecule has 2 N–H and O–H groups in total. The van der Waals surface area contributed by atoms with Crippen molar-refractivity contribution in [2.45, 2.75) is 13.3 Å². The van der Waals surface area contributed by atoms with Crippen molar-refractivity contribution < 1.29 is 4.74 Å². The van der Waals surface area contributed by atoms with Gasteiger partial charge in [-0.2, -0.15) is 0 Å². The quantitative estimate of drug-likeness (QED) is 0.694. The summed E-state index contributed by atoms with van der Waals surface area (Å²) in [5.74, 6) is 0.745. The molecule has 1 aromatic rings. The van der Waals surface area contributed by atoms with E-state index in [1.807, 2.05) is 25.1 Å². The molecule has 2 heteroatoms. The number of rotatable bonds is 3. The lowest BCUT2D eigenvalue weighted by molar-refractivity contribution is 0.417. The van der Waals surface area contributed by atoms with E-state index in [4.69, 9.17) is 10.5 Å². The maximum atomic E-state index is 5.72. The third kappa shape index (κ3) is 1.91. The maximum absolute atomic E-state index is 5.72. The fraction of sp³-hybridized carbons (Fsp3) is 0.300. The third-order valence-corrected chi connectivity index (χ3v) is 1.73. The lowest BCUT2D eigenvalue weighted by atomic mass is 10.1. The number of methoxy groups -OCH3 is 1. The summed E-state index contributed by atoms with van der Waals surface area (Å²) in [5, 5.41) is 0. The van der Waals surface area contributed by atoms with E-state index in [2.05, 4.69) is 6.42 Å². The van der Waals surface area contributed by atoms with Gasteiger partial charge < -0.3 is 10.5 Å². The molecule has 0 saturated heterocycles. The van der Waals surface area contributed by atoms with E-state index in [1.165, 1.54) is 5.56 Å². The van der Waals surface area contributed by atoms with E-state index in [0.717, 1.165) is 12.2 Å². The molecule has 1 aromatic carbocycles. The van der Waals surface area contributed by atoms with Crippen LogP contribution in [0.5, 0.6) is 5.75 Å². The van der Waals surface area contributed by atoms with Gasteiger partial charge in [0, 0.05) is 0 Å². The molecule has 1 rings (SSSR count). The van der Waals surface area contributed by atoms with Crippen molar-refractivity contribution in [1.82, 2.24) is 0 Å². The maximum Gasteiger partial charge on any atom is 0.141 e. The van der Waals surface area contributed by atoms with Crippen molar-refractivity contribution in [2.75, 3.05) is 12.8 Å². The normalized spacial score (nSPS) is 9.83. The van der Waals surface area contributed by atoms with Crippen molar-refractivity contribution in [2.24, 2.45) is 0 Å². The van der Waals surface area contributed by atoms with Crippen molar-refractivity contribution >= 4 is 5.69 Å². The van der Waals surface area contributed by atoms with Gasteiger partial charge in [-0.05, 0) is 30.5 Å². The Labute approximate surface area is 73.3 Å². The van der Waals surface area contributed by atoms with Crippen LogP contribution in [0.25, 0.3) is 0 Å². The van der Waals surface area contributed by atoms with Crippen molar-refractivity contribution in [3.63, 3.8) is 0 Å². The summed E-state index contributed by atoms with van der Waals surface area (Å²) < 4.78 is 5.04. The number of hydrogen-bond donors (Lipinski definition) is 1. The topological polar surface area (TPSA) is 35.2 Å². The molecule has 0 amide bonds. The van der Waals surface area contributed by atoms with Gasteiger partial charge in [0.2, 0.25) is 0 Å². The van der Waals surface area contributed by atoms with Gasteiger partial charge in [-0.15, -0.1) is 0 Å². The molecule has 0 heterocycles. The molecule has 12 heavy (non-hydrogen) atoms. The van der Waals surface area contributed by atoms with Crippen LogP contribution in [0.2, 0.25) is 0 Å². The third-order valence-electron chi connectivity index (χ3n) is 1.73. The molecule has 0 atom stereocenters. The predicted octanol–water partition coefficient (Wildman–Crippen LogP) is 2.04. The lowest BCUT2D eigenvalue weighted by Gasteiger charge is -2.05. The van der Waals surface area contributed by atoms with Crippen LogP contribution < -0.4 is 10.5 Å². The van der Waals surface area contributed by atoms with Crippen molar-refractivity contribution in [3.8, 4) is 5.75 Å². The first kappa shape index (κ1) is 8.91. The molecule has 0 aliphatic heterocycles. The average molecular weight is 164 g/mol. The average Bonchev–Trinajstić information content (AvgIpc) is 2.05. The van der Waals surface area contributed by atoms with Crippen molar-refractivity contribution in [1.29, 1.82) is 0 Å². The van der Waals surface area contributed by atoms with Gasteiger partial charge in [-0.25, -0.2) is 0 Å². The molecule has 0 fully saturated rings. The fourth-order valence-electron chi connectivity index (χ4n) is 1.15. The number of nitrogen functional groups attached to an aromatic ring is 1. The molecule has 0 bridgehead atoms. The molecule has 2 nitrogen and oxygen atoms in total. The first-order chi connectivity index (χ1) is 5.77. The standard InChI is InChI=1S/C10H14NO/c1-3-4-8-5-6-10(12-2)9(11)7-8/h3,5-7H,4,11H2,1-2H3. The number of benzene rings is 1. The minimum absolute atomic E-state index is 0.705. The molecule has 0 spiro atoms. The summed E-state index contributed by atoms with van der Waals surface area (Å²) in [6.07, 6.45) is 3.05. The minimum atomic E-state index is 0.705.